The molecule has 2 aromatic carbocycles. The number of piperidine rings is 1. The van der Waals surface area contributed by atoms with Crippen molar-refractivity contribution in [3.63, 3.8) is 0 Å². The van der Waals surface area contributed by atoms with Gasteiger partial charge in [-0.1, -0.05) is 18.2 Å². The predicted octanol–water partition coefficient (Wildman–Crippen LogP) is 3.01. The topological polar surface area (TPSA) is 87.7 Å². The average Bonchev–Trinajstić information content (AvgIpc) is 2.75. The molecule has 1 aliphatic heterocycles. The van der Waals surface area contributed by atoms with Gasteiger partial charge in [0.05, 0.1) is 13.0 Å². The molecular formula is C24H29N3O4. The maximum Gasteiger partial charge on any atom is 0.251 e. The van der Waals surface area contributed by atoms with Crippen LogP contribution in [0.25, 0.3) is 0 Å². The van der Waals surface area contributed by atoms with E-state index in [-0.39, 0.29) is 23.8 Å². The van der Waals surface area contributed by atoms with Crippen LogP contribution in [0.3, 0.4) is 0 Å². The monoisotopic (exact) mass is 423 g/mol. The van der Waals surface area contributed by atoms with E-state index in [2.05, 4.69) is 10.6 Å². The SMILES string of the molecule is CCOc1ccc(CC(=O)N2CCC(NC(=O)c3cccc(NC(C)=O)c3)CC2)cc1. The Bertz CT molecular complexity index is 919. The second kappa shape index (κ2) is 10.6. The molecule has 7 heteroatoms. The Kier molecular flexibility index (Phi) is 7.65. The highest BCUT2D eigenvalue weighted by Gasteiger charge is 2.24. The third-order valence-electron chi connectivity index (χ3n) is 5.22. The van der Waals surface area contributed by atoms with Crippen molar-refractivity contribution in [3.05, 3.63) is 59.7 Å². The Morgan fingerprint density at radius 3 is 2.42 bits per heavy atom. The third kappa shape index (κ3) is 6.57. The second-order valence-electron chi connectivity index (χ2n) is 7.64. The molecule has 1 heterocycles. The van der Waals surface area contributed by atoms with Crippen molar-refractivity contribution in [2.45, 2.75) is 39.2 Å². The molecule has 2 aromatic rings. The fraction of sp³-hybridized carbons (Fsp3) is 0.375. The largest absolute Gasteiger partial charge is 0.494 e. The van der Waals surface area contributed by atoms with Gasteiger partial charge in [-0.3, -0.25) is 14.4 Å². The third-order valence-corrected chi connectivity index (χ3v) is 5.22. The van der Waals surface area contributed by atoms with E-state index >= 15 is 0 Å². The van der Waals surface area contributed by atoms with Crippen LogP contribution in [0.4, 0.5) is 5.69 Å². The summed E-state index contributed by atoms with van der Waals surface area (Å²) in [5.74, 6) is 0.543. The van der Waals surface area contributed by atoms with Gasteiger partial charge in [0.2, 0.25) is 11.8 Å². The molecule has 0 saturated carbocycles. The van der Waals surface area contributed by atoms with Crippen LogP contribution in [-0.2, 0) is 16.0 Å². The van der Waals surface area contributed by atoms with Crippen molar-refractivity contribution in [2.24, 2.45) is 0 Å². The Morgan fingerprint density at radius 2 is 1.77 bits per heavy atom. The van der Waals surface area contributed by atoms with E-state index in [1.807, 2.05) is 36.1 Å². The van der Waals surface area contributed by atoms with E-state index < -0.39 is 0 Å². The van der Waals surface area contributed by atoms with Crippen LogP contribution >= 0.6 is 0 Å². The first-order chi connectivity index (χ1) is 14.9. The van der Waals surface area contributed by atoms with E-state index in [9.17, 15) is 14.4 Å². The van der Waals surface area contributed by atoms with E-state index in [1.165, 1.54) is 6.92 Å². The van der Waals surface area contributed by atoms with Crippen LogP contribution in [0, 0.1) is 0 Å². The number of carbonyl (C=O) groups is 3. The molecule has 3 rings (SSSR count). The minimum absolute atomic E-state index is 0.0199. The first-order valence-electron chi connectivity index (χ1n) is 10.6. The van der Waals surface area contributed by atoms with E-state index in [0.717, 1.165) is 11.3 Å². The Labute approximate surface area is 182 Å². The predicted molar refractivity (Wildman–Crippen MR) is 119 cm³/mol. The summed E-state index contributed by atoms with van der Waals surface area (Å²) in [5.41, 5.74) is 2.05. The van der Waals surface area contributed by atoms with Gasteiger partial charge in [0.25, 0.3) is 5.91 Å². The van der Waals surface area contributed by atoms with E-state index in [0.29, 0.717) is 50.2 Å². The molecule has 0 bridgehead atoms. The number of hydrogen-bond donors (Lipinski definition) is 2. The Balaban J connectivity index is 1.47. The molecular weight excluding hydrogens is 394 g/mol. The number of hydrogen-bond acceptors (Lipinski definition) is 4. The number of nitrogens with one attached hydrogen (secondary N) is 2. The fourth-order valence-corrected chi connectivity index (χ4v) is 3.64. The fourth-order valence-electron chi connectivity index (χ4n) is 3.64. The second-order valence-corrected chi connectivity index (χ2v) is 7.64. The lowest BCUT2D eigenvalue weighted by Crippen LogP contribution is -2.47. The number of ether oxygens (including phenoxy) is 1. The molecule has 31 heavy (non-hydrogen) atoms. The summed E-state index contributed by atoms with van der Waals surface area (Å²) in [6.07, 6.45) is 1.79. The van der Waals surface area contributed by atoms with Crippen LogP contribution in [-0.4, -0.2) is 48.4 Å². The summed E-state index contributed by atoms with van der Waals surface area (Å²) in [5, 5.41) is 5.72. The molecule has 0 spiro atoms. The van der Waals surface area contributed by atoms with Crippen LogP contribution in [0.5, 0.6) is 5.75 Å². The minimum Gasteiger partial charge on any atom is -0.494 e. The lowest BCUT2D eigenvalue weighted by Gasteiger charge is -2.32. The number of anilines is 1. The van der Waals surface area contributed by atoms with Gasteiger partial charge in [0.15, 0.2) is 0 Å². The number of amides is 3. The van der Waals surface area contributed by atoms with Gasteiger partial charge in [-0.15, -0.1) is 0 Å². The smallest absolute Gasteiger partial charge is 0.251 e. The summed E-state index contributed by atoms with van der Waals surface area (Å²) in [6, 6.07) is 14.5. The summed E-state index contributed by atoms with van der Waals surface area (Å²) in [4.78, 5) is 38.3. The van der Waals surface area contributed by atoms with Gasteiger partial charge in [-0.05, 0) is 55.7 Å². The molecule has 2 N–H and O–H groups in total. The quantitative estimate of drug-likeness (QED) is 0.717. The number of rotatable bonds is 7. The molecule has 0 unspecified atom stereocenters. The van der Waals surface area contributed by atoms with Crippen molar-refractivity contribution in [2.75, 3.05) is 25.0 Å². The van der Waals surface area contributed by atoms with Crippen molar-refractivity contribution < 1.29 is 19.1 Å². The van der Waals surface area contributed by atoms with Crippen LogP contribution < -0.4 is 15.4 Å². The van der Waals surface area contributed by atoms with E-state index in [4.69, 9.17) is 4.74 Å². The van der Waals surface area contributed by atoms with Crippen LogP contribution in [0.15, 0.2) is 48.5 Å². The van der Waals surface area contributed by atoms with Gasteiger partial charge in [-0.2, -0.15) is 0 Å². The number of nitrogens with zero attached hydrogens (tertiary/aromatic N) is 1. The molecule has 1 aliphatic rings. The van der Waals surface area contributed by atoms with Gasteiger partial charge in [0, 0.05) is 37.3 Å². The van der Waals surface area contributed by atoms with Crippen LogP contribution in [0.1, 0.15) is 42.6 Å². The molecule has 0 radical (unpaired) electrons. The lowest BCUT2D eigenvalue weighted by molar-refractivity contribution is -0.131. The molecule has 1 saturated heterocycles. The lowest BCUT2D eigenvalue weighted by atomic mass is 10.0. The molecule has 0 aromatic heterocycles. The standard InChI is InChI=1S/C24H29N3O4/c1-3-31-22-9-7-18(8-10-22)15-23(29)27-13-11-20(12-14-27)26-24(30)19-5-4-6-21(16-19)25-17(2)28/h4-10,16,20H,3,11-15H2,1-2H3,(H,25,28)(H,26,30). The zero-order valence-electron chi connectivity index (χ0n) is 18.0. The van der Waals surface area contributed by atoms with Gasteiger partial charge < -0.3 is 20.3 Å². The van der Waals surface area contributed by atoms with Crippen molar-refractivity contribution >= 4 is 23.4 Å². The van der Waals surface area contributed by atoms with Gasteiger partial charge in [-0.25, -0.2) is 0 Å². The maximum atomic E-state index is 12.6. The zero-order valence-corrected chi connectivity index (χ0v) is 18.0. The Hall–Kier alpha value is -3.35. The van der Waals surface area contributed by atoms with Gasteiger partial charge in [0.1, 0.15) is 5.75 Å². The van der Waals surface area contributed by atoms with E-state index in [1.54, 1.807) is 24.3 Å². The summed E-state index contributed by atoms with van der Waals surface area (Å²) < 4.78 is 5.43. The van der Waals surface area contributed by atoms with Crippen molar-refractivity contribution in [1.29, 1.82) is 0 Å². The molecule has 0 aliphatic carbocycles. The molecule has 0 atom stereocenters. The van der Waals surface area contributed by atoms with Crippen LogP contribution in [0.2, 0.25) is 0 Å². The Morgan fingerprint density at radius 1 is 1.06 bits per heavy atom. The zero-order chi connectivity index (χ0) is 22.2. The minimum atomic E-state index is -0.181. The summed E-state index contributed by atoms with van der Waals surface area (Å²) >= 11 is 0. The number of benzene rings is 2. The molecule has 3 amide bonds. The molecule has 164 valence electrons. The normalized spacial score (nSPS) is 14.1. The number of carbonyl (C=O) groups excluding carboxylic acids is 3. The highest BCUT2D eigenvalue weighted by atomic mass is 16.5. The highest BCUT2D eigenvalue weighted by molar-refractivity contribution is 5.97. The summed E-state index contributed by atoms with van der Waals surface area (Å²) in [6.45, 7) is 5.22. The number of likely N-dealkylation sites (tertiary alicyclic amines) is 1. The maximum absolute atomic E-state index is 12.6. The molecule has 1 fully saturated rings. The highest BCUT2D eigenvalue weighted by Crippen LogP contribution is 2.17. The van der Waals surface area contributed by atoms with Gasteiger partial charge >= 0.3 is 0 Å². The molecule has 7 nitrogen and oxygen atoms in total. The average molecular weight is 424 g/mol. The first kappa shape index (κ1) is 22.3. The van der Waals surface area contributed by atoms with Crippen molar-refractivity contribution in [3.8, 4) is 5.75 Å². The van der Waals surface area contributed by atoms with Crippen molar-refractivity contribution in [1.82, 2.24) is 10.2 Å². The first-order valence-corrected chi connectivity index (χ1v) is 10.6. The summed E-state index contributed by atoms with van der Waals surface area (Å²) in [7, 11) is 0.